The van der Waals surface area contributed by atoms with Gasteiger partial charge in [-0.2, -0.15) is 0 Å². The van der Waals surface area contributed by atoms with Crippen LogP contribution in [0.25, 0.3) is 0 Å². The maximum atomic E-state index is 14.4. The van der Waals surface area contributed by atoms with E-state index in [-0.39, 0.29) is 23.1 Å². The van der Waals surface area contributed by atoms with Gasteiger partial charge in [0.2, 0.25) is 15.9 Å². The molecule has 1 saturated heterocycles. The summed E-state index contributed by atoms with van der Waals surface area (Å²) < 4.78 is 46.4. The molecule has 31 heavy (non-hydrogen) atoms. The second-order valence-corrected chi connectivity index (χ2v) is 8.86. The van der Waals surface area contributed by atoms with Gasteiger partial charge in [-0.05, 0) is 49.4 Å². The molecule has 1 N–H and O–H groups in total. The second-order valence-electron chi connectivity index (χ2n) is 7.09. The number of carbonyl (C=O) groups excluding carboxylic acids is 2. The Labute approximate surface area is 180 Å². The van der Waals surface area contributed by atoms with Crippen LogP contribution in [0.15, 0.2) is 47.4 Å². The number of halogens is 1. The number of carbonyl (C=O) groups is 2. The lowest BCUT2D eigenvalue weighted by atomic mass is 10.1. The molecule has 10 heteroatoms. The van der Waals surface area contributed by atoms with Crippen molar-refractivity contribution in [3.8, 4) is 5.75 Å². The highest BCUT2D eigenvalue weighted by molar-refractivity contribution is 7.89. The largest absolute Gasteiger partial charge is 0.497 e. The number of ketones is 1. The summed E-state index contributed by atoms with van der Waals surface area (Å²) in [7, 11) is -2.35. The van der Waals surface area contributed by atoms with Crippen molar-refractivity contribution in [2.24, 2.45) is 0 Å². The highest BCUT2D eigenvalue weighted by Crippen LogP contribution is 2.22. The SMILES string of the molecule is COc1ccc(S(=O)(=O)NCC(=O)N2CCN(c3ccc(C(C)=O)cc3F)CC2)cc1. The minimum Gasteiger partial charge on any atom is -0.497 e. The zero-order valence-corrected chi connectivity index (χ0v) is 18.1. The summed E-state index contributed by atoms with van der Waals surface area (Å²) in [5, 5.41) is 0. The van der Waals surface area contributed by atoms with Crippen molar-refractivity contribution >= 4 is 27.4 Å². The van der Waals surface area contributed by atoms with Crippen molar-refractivity contribution in [2.75, 3.05) is 44.7 Å². The molecule has 3 rings (SSSR count). The van der Waals surface area contributed by atoms with Gasteiger partial charge in [-0.1, -0.05) is 0 Å². The number of nitrogens with one attached hydrogen (secondary N) is 1. The van der Waals surface area contributed by atoms with Gasteiger partial charge < -0.3 is 14.5 Å². The van der Waals surface area contributed by atoms with E-state index in [2.05, 4.69) is 4.72 Å². The predicted octanol–water partition coefficient (Wildman–Crippen LogP) is 1.66. The number of ether oxygens (including phenoxy) is 1. The molecule has 0 bridgehead atoms. The molecule has 0 aliphatic carbocycles. The van der Waals surface area contributed by atoms with Crippen LogP contribution in [0.1, 0.15) is 17.3 Å². The number of sulfonamides is 1. The maximum absolute atomic E-state index is 14.4. The number of methoxy groups -OCH3 is 1. The number of hydrogen-bond donors (Lipinski definition) is 1. The van der Waals surface area contributed by atoms with Gasteiger partial charge in [0.25, 0.3) is 0 Å². The van der Waals surface area contributed by atoms with E-state index < -0.39 is 15.8 Å². The third-order valence-corrected chi connectivity index (χ3v) is 6.53. The summed E-state index contributed by atoms with van der Waals surface area (Å²) in [4.78, 5) is 27.2. The van der Waals surface area contributed by atoms with E-state index in [0.717, 1.165) is 0 Å². The average molecular weight is 450 g/mol. The lowest BCUT2D eigenvalue weighted by Gasteiger charge is -2.36. The van der Waals surface area contributed by atoms with E-state index in [1.165, 1.54) is 49.3 Å². The molecule has 2 aromatic rings. The average Bonchev–Trinajstić information content (AvgIpc) is 2.77. The Morgan fingerprint density at radius 3 is 2.26 bits per heavy atom. The van der Waals surface area contributed by atoms with Gasteiger partial charge in [0.1, 0.15) is 11.6 Å². The molecule has 1 amide bonds. The number of amides is 1. The molecule has 1 heterocycles. The zero-order valence-electron chi connectivity index (χ0n) is 17.3. The topological polar surface area (TPSA) is 96.0 Å². The van der Waals surface area contributed by atoms with E-state index in [1.54, 1.807) is 17.0 Å². The third-order valence-electron chi connectivity index (χ3n) is 5.11. The smallest absolute Gasteiger partial charge is 0.241 e. The van der Waals surface area contributed by atoms with Crippen LogP contribution in [0.2, 0.25) is 0 Å². The summed E-state index contributed by atoms with van der Waals surface area (Å²) in [5.74, 6) is -0.526. The summed E-state index contributed by atoms with van der Waals surface area (Å²) in [6.45, 7) is 2.46. The first kappa shape index (κ1) is 22.7. The molecule has 0 radical (unpaired) electrons. The van der Waals surface area contributed by atoms with Crippen molar-refractivity contribution in [3.05, 3.63) is 53.8 Å². The van der Waals surface area contributed by atoms with Crippen molar-refractivity contribution in [3.63, 3.8) is 0 Å². The van der Waals surface area contributed by atoms with Gasteiger partial charge in [-0.25, -0.2) is 17.5 Å². The van der Waals surface area contributed by atoms with Gasteiger partial charge in [0, 0.05) is 31.7 Å². The van der Waals surface area contributed by atoms with Crippen LogP contribution < -0.4 is 14.4 Å². The molecule has 0 spiro atoms. The summed E-state index contributed by atoms with van der Waals surface area (Å²) in [6, 6.07) is 10.2. The Balaban J connectivity index is 1.55. The molecule has 1 aliphatic heterocycles. The lowest BCUT2D eigenvalue weighted by Crippen LogP contribution is -2.51. The zero-order chi connectivity index (χ0) is 22.6. The normalized spacial score (nSPS) is 14.4. The van der Waals surface area contributed by atoms with Crippen LogP contribution in [0.3, 0.4) is 0 Å². The van der Waals surface area contributed by atoms with Gasteiger partial charge >= 0.3 is 0 Å². The van der Waals surface area contributed by atoms with Gasteiger partial charge in [0.05, 0.1) is 24.2 Å². The number of hydrogen-bond acceptors (Lipinski definition) is 6. The van der Waals surface area contributed by atoms with Crippen LogP contribution >= 0.6 is 0 Å². The molecular weight excluding hydrogens is 425 g/mol. The van der Waals surface area contributed by atoms with E-state index in [0.29, 0.717) is 43.2 Å². The fourth-order valence-electron chi connectivity index (χ4n) is 3.29. The number of benzene rings is 2. The fourth-order valence-corrected chi connectivity index (χ4v) is 4.26. The molecule has 8 nitrogen and oxygen atoms in total. The second kappa shape index (κ2) is 9.44. The quantitative estimate of drug-likeness (QED) is 0.646. The van der Waals surface area contributed by atoms with E-state index in [4.69, 9.17) is 4.74 Å². The standard InChI is InChI=1S/C21H24FN3O5S/c1-15(26)16-3-8-20(19(22)13-16)24-9-11-25(12-10-24)21(27)14-23-31(28,29)18-6-4-17(30-2)5-7-18/h3-8,13,23H,9-12,14H2,1-2H3. The number of Topliss-reactive ketones (excluding diaryl/α,β-unsaturated/α-hetero) is 1. The predicted molar refractivity (Wildman–Crippen MR) is 113 cm³/mol. The molecule has 0 saturated carbocycles. The van der Waals surface area contributed by atoms with Crippen LogP contribution in [0, 0.1) is 5.82 Å². The van der Waals surface area contributed by atoms with Crippen LogP contribution in [-0.4, -0.2) is 64.8 Å². The molecular formula is C21H24FN3O5S. The first-order valence-electron chi connectivity index (χ1n) is 9.68. The van der Waals surface area contributed by atoms with Crippen LogP contribution in [0.4, 0.5) is 10.1 Å². The Bertz CT molecular complexity index is 1060. The van der Waals surface area contributed by atoms with Crippen molar-refractivity contribution in [2.45, 2.75) is 11.8 Å². The molecule has 0 atom stereocenters. The first-order valence-corrected chi connectivity index (χ1v) is 11.2. The lowest BCUT2D eigenvalue weighted by molar-refractivity contribution is -0.130. The fraction of sp³-hybridized carbons (Fsp3) is 0.333. The summed E-state index contributed by atoms with van der Waals surface area (Å²) >= 11 is 0. The van der Waals surface area contributed by atoms with Crippen molar-refractivity contribution in [1.29, 1.82) is 0 Å². The number of rotatable bonds is 7. The Morgan fingerprint density at radius 2 is 1.71 bits per heavy atom. The number of nitrogens with zero attached hydrogens (tertiary/aromatic N) is 2. The number of anilines is 1. The monoisotopic (exact) mass is 449 g/mol. The van der Waals surface area contributed by atoms with E-state index in [9.17, 15) is 22.4 Å². The Morgan fingerprint density at radius 1 is 1.06 bits per heavy atom. The van der Waals surface area contributed by atoms with E-state index in [1.807, 2.05) is 0 Å². The molecule has 2 aromatic carbocycles. The Hall–Kier alpha value is -2.98. The first-order chi connectivity index (χ1) is 14.7. The third kappa shape index (κ3) is 5.39. The van der Waals surface area contributed by atoms with Crippen LogP contribution in [0.5, 0.6) is 5.75 Å². The molecule has 0 aromatic heterocycles. The Kier molecular flexibility index (Phi) is 6.91. The molecule has 1 aliphatic rings. The maximum Gasteiger partial charge on any atom is 0.241 e. The van der Waals surface area contributed by atoms with Gasteiger partial charge in [-0.3, -0.25) is 9.59 Å². The number of piperazine rings is 1. The molecule has 1 fully saturated rings. The minimum absolute atomic E-state index is 0.0374. The minimum atomic E-state index is -3.83. The van der Waals surface area contributed by atoms with Gasteiger partial charge in [0.15, 0.2) is 5.78 Å². The summed E-state index contributed by atoms with van der Waals surface area (Å²) in [6.07, 6.45) is 0. The van der Waals surface area contributed by atoms with Crippen LogP contribution in [-0.2, 0) is 14.8 Å². The van der Waals surface area contributed by atoms with Gasteiger partial charge in [-0.15, -0.1) is 0 Å². The van der Waals surface area contributed by atoms with Crippen molar-refractivity contribution < 1.29 is 27.1 Å². The highest BCUT2D eigenvalue weighted by atomic mass is 32.2. The highest BCUT2D eigenvalue weighted by Gasteiger charge is 2.24. The van der Waals surface area contributed by atoms with E-state index >= 15 is 0 Å². The summed E-state index contributed by atoms with van der Waals surface area (Å²) in [5.41, 5.74) is 0.677. The molecule has 0 unspecified atom stereocenters. The molecule has 166 valence electrons. The van der Waals surface area contributed by atoms with Crippen molar-refractivity contribution in [1.82, 2.24) is 9.62 Å².